The topological polar surface area (TPSA) is 27.8 Å². The lowest BCUT2D eigenvalue weighted by atomic mass is 10.1. The Labute approximate surface area is 120 Å². The van der Waals surface area contributed by atoms with Gasteiger partial charge in [0.1, 0.15) is 0 Å². The summed E-state index contributed by atoms with van der Waals surface area (Å²) in [6.45, 7) is 0.842. The molecule has 3 heteroatoms. The van der Waals surface area contributed by atoms with E-state index in [0.717, 1.165) is 6.54 Å². The molecule has 0 saturated heterocycles. The van der Waals surface area contributed by atoms with E-state index in [-0.39, 0.29) is 0 Å². The smallest absolute Gasteiger partial charge is 0.0478 e. The molecule has 0 bridgehead atoms. The van der Waals surface area contributed by atoms with E-state index < -0.39 is 0 Å². The van der Waals surface area contributed by atoms with Gasteiger partial charge in [-0.3, -0.25) is 0 Å². The highest BCUT2D eigenvalue weighted by Gasteiger charge is 2.02. The van der Waals surface area contributed by atoms with Crippen molar-refractivity contribution in [2.75, 3.05) is 5.32 Å². The highest BCUT2D eigenvalue weighted by molar-refractivity contribution is 14.1. The standard InChI is InChI=1S/C15H13IN2/c16-13-5-1-2-6-15(13)18-10-11-4-3-7-14-12(11)8-9-17-14/h1-9,17-18H,10H2. The van der Waals surface area contributed by atoms with Crippen molar-refractivity contribution in [1.82, 2.24) is 4.98 Å². The Kier molecular flexibility index (Phi) is 3.23. The molecule has 1 heterocycles. The van der Waals surface area contributed by atoms with Crippen LogP contribution in [0.2, 0.25) is 0 Å². The normalized spacial score (nSPS) is 10.7. The summed E-state index contributed by atoms with van der Waals surface area (Å²) in [6.07, 6.45) is 1.99. The lowest BCUT2D eigenvalue weighted by molar-refractivity contribution is 1.16. The molecule has 90 valence electrons. The van der Waals surface area contributed by atoms with Crippen LogP contribution in [0.4, 0.5) is 5.69 Å². The van der Waals surface area contributed by atoms with E-state index in [9.17, 15) is 0 Å². The summed E-state index contributed by atoms with van der Waals surface area (Å²) in [5.41, 5.74) is 3.69. The van der Waals surface area contributed by atoms with Crippen molar-refractivity contribution in [3.05, 3.63) is 63.9 Å². The second-order valence-electron chi connectivity index (χ2n) is 4.19. The Morgan fingerprint density at radius 1 is 1.00 bits per heavy atom. The van der Waals surface area contributed by atoms with E-state index in [0.29, 0.717) is 0 Å². The summed E-state index contributed by atoms with van der Waals surface area (Å²) in [5, 5.41) is 4.78. The number of aromatic nitrogens is 1. The molecule has 0 amide bonds. The van der Waals surface area contributed by atoms with Gasteiger partial charge in [0, 0.05) is 32.9 Å². The average molecular weight is 348 g/mol. The summed E-state index contributed by atoms with van der Waals surface area (Å²) in [4.78, 5) is 3.24. The minimum absolute atomic E-state index is 0.842. The van der Waals surface area contributed by atoms with Crippen LogP contribution < -0.4 is 5.32 Å². The predicted octanol–water partition coefficient (Wildman–Crippen LogP) is 4.38. The maximum atomic E-state index is 3.49. The van der Waals surface area contributed by atoms with E-state index in [1.54, 1.807) is 0 Å². The Hall–Kier alpha value is -1.49. The molecular weight excluding hydrogens is 335 g/mol. The SMILES string of the molecule is Ic1ccccc1NCc1cccc2[nH]ccc12. The Bertz CT molecular complexity index is 673. The summed E-state index contributed by atoms with van der Waals surface area (Å²) < 4.78 is 1.25. The maximum absolute atomic E-state index is 3.49. The van der Waals surface area contributed by atoms with Gasteiger partial charge in [-0.15, -0.1) is 0 Å². The average Bonchev–Trinajstić information content (AvgIpc) is 2.86. The molecular formula is C15H13IN2. The number of benzene rings is 2. The second-order valence-corrected chi connectivity index (χ2v) is 5.35. The maximum Gasteiger partial charge on any atom is 0.0478 e. The van der Waals surface area contributed by atoms with E-state index in [1.807, 2.05) is 6.20 Å². The van der Waals surface area contributed by atoms with Gasteiger partial charge in [-0.2, -0.15) is 0 Å². The quantitative estimate of drug-likeness (QED) is 0.676. The zero-order chi connectivity index (χ0) is 12.4. The molecule has 0 aliphatic heterocycles. The first-order valence-electron chi connectivity index (χ1n) is 5.88. The molecule has 2 aromatic carbocycles. The van der Waals surface area contributed by atoms with Gasteiger partial charge in [-0.05, 0) is 52.4 Å². The number of aromatic amines is 1. The highest BCUT2D eigenvalue weighted by Crippen LogP contribution is 2.21. The third-order valence-electron chi connectivity index (χ3n) is 3.03. The first-order valence-corrected chi connectivity index (χ1v) is 6.96. The molecule has 3 rings (SSSR count). The van der Waals surface area contributed by atoms with E-state index in [2.05, 4.69) is 81.4 Å². The fraction of sp³-hybridized carbons (Fsp3) is 0.0667. The van der Waals surface area contributed by atoms with Gasteiger partial charge in [0.05, 0.1) is 0 Å². The third-order valence-corrected chi connectivity index (χ3v) is 3.97. The number of rotatable bonds is 3. The first-order chi connectivity index (χ1) is 8.84. The van der Waals surface area contributed by atoms with Crippen LogP contribution in [0, 0.1) is 3.57 Å². The summed E-state index contributed by atoms with van der Waals surface area (Å²) in [6, 6.07) is 16.8. The summed E-state index contributed by atoms with van der Waals surface area (Å²) in [5.74, 6) is 0. The van der Waals surface area contributed by atoms with Gasteiger partial charge in [0.2, 0.25) is 0 Å². The van der Waals surface area contributed by atoms with Gasteiger partial charge in [-0.25, -0.2) is 0 Å². The molecule has 2 N–H and O–H groups in total. The van der Waals surface area contributed by atoms with Crippen LogP contribution in [-0.4, -0.2) is 4.98 Å². The van der Waals surface area contributed by atoms with Crippen molar-refractivity contribution < 1.29 is 0 Å². The van der Waals surface area contributed by atoms with Crippen LogP contribution in [0.15, 0.2) is 54.7 Å². The highest BCUT2D eigenvalue weighted by atomic mass is 127. The Balaban J connectivity index is 1.85. The number of anilines is 1. The molecule has 0 aliphatic rings. The molecule has 3 aromatic rings. The molecule has 0 unspecified atom stereocenters. The molecule has 0 atom stereocenters. The van der Waals surface area contributed by atoms with Gasteiger partial charge in [0.25, 0.3) is 0 Å². The van der Waals surface area contributed by atoms with Crippen LogP contribution >= 0.6 is 22.6 Å². The summed E-state index contributed by atoms with van der Waals surface area (Å²) in [7, 11) is 0. The number of halogens is 1. The molecule has 0 saturated carbocycles. The van der Waals surface area contributed by atoms with Crippen molar-refractivity contribution in [2.24, 2.45) is 0 Å². The van der Waals surface area contributed by atoms with Gasteiger partial charge in [0.15, 0.2) is 0 Å². The molecule has 0 spiro atoms. The van der Waals surface area contributed by atoms with E-state index in [4.69, 9.17) is 0 Å². The number of para-hydroxylation sites is 1. The fourth-order valence-corrected chi connectivity index (χ4v) is 2.68. The second kappa shape index (κ2) is 5.02. The van der Waals surface area contributed by atoms with E-state index >= 15 is 0 Å². The van der Waals surface area contributed by atoms with Crippen molar-refractivity contribution in [3.8, 4) is 0 Å². The van der Waals surface area contributed by atoms with Crippen molar-refractivity contribution >= 4 is 39.2 Å². The van der Waals surface area contributed by atoms with E-state index in [1.165, 1.54) is 25.7 Å². The van der Waals surface area contributed by atoms with Crippen molar-refractivity contribution in [3.63, 3.8) is 0 Å². The zero-order valence-corrected chi connectivity index (χ0v) is 11.9. The van der Waals surface area contributed by atoms with Crippen molar-refractivity contribution in [1.29, 1.82) is 0 Å². The number of hydrogen-bond acceptors (Lipinski definition) is 1. The number of H-pyrrole nitrogens is 1. The monoisotopic (exact) mass is 348 g/mol. The molecule has 1 aromatic heterocycles. The van der Waals surface area contributed by atoms with Crippen LogP contribution in [0.1, 0.15) is 5.56 Å². The molecule has 0 fully saturated rings. The summed E-state index contributed by atoms with van der Waals surface area (Å²) >= 11 is 2.35. The molecule has 18 heavy (non-hydrogen) atoms. The molecule has 0 aliphatic carbocycles. The fourth-order valence-electron chi connectivity index (χ4n) is 2.10. The van der Waals surface area contributed by atoms with Gasteiger partial charge in [-0.1, -0.05) is 24.3 Å². The number of nitrogens with one attached hydrogen (secondary N) is 2. The van der Waals surface area contributed by atoms with Gasteiger partial charge < -0.3 is 10.3 Å². The first kappa shape index (κ1) is 11.6. The Morgan fingerprint density at radius 2 is 1.89 bits per heavy atom. The molecule has 0 radical (unpaired) electrons. The number of fused-ring (bicyclic) bond motifs is 1. The minimum Gasteiger partial charge on any atom is -0.380 e. The van der Waals surface area contributed by atoms with Gasteiger partial charge >= 0.3 is 0 Å². The number of hydrogen-bond donors (Lipinski definition) is 2. The lowest BCUT2D eigenvalue weighted by Crippen LogP contribution is -2.01. The third kappa shape index (κ3) is 2.22. The minimum atomic E-state index is 0.842. The van der Waals surface area contributed by atoms with Crippen LogP contribution in [0.3, 0.4) is 0 Å². The van der Waals surface area contributed by atoms with Crippen LogP contribution in [0.5, 0.6) is 0 Å². The zero-order valence-electron chi connectivity index (χ0n) is 9.78. The van der Waals surface area contributed by atoms with Crippen molar-refractivity contribution in [2.45, 2.75) is 6.54 Å². The Morgan fingerprint density at radius 3 is 2.78 bits per heavy atom. The van der Waals surface area contributed by atoms with Crippen LogP contribution in [0.25, 0.3) is 10.9 Å². The predicted molar refractivity (Wildman–Crippen MR) is 84.8 cm³/mol. The largest absolute Gasteiger partial charge is 0.380 e. The lowest BCUT2D eigenvalue weighted by Gasteiger charge is -2.09. The molecule has 2 nitrogen and oxygen atoms in total. The van der Waals surface area contributed by atoms with Crippen LogP contribution in [-0.2, 0) is 6.54 Å².